The highest BCUT2D eigenvalue weighted by molar-refractivity contribution is 7.99. The number of aliphatic imine (C=N–C) groups is 1. The Hall–Kier alpha value is -2.54. The van der Waals surface area contributed by atoms with Crippen molar-refractivity contribution in [3.05, 3.63) is 47.3 Å². The molecule has 1 N–H and O–H groups in total. The summed E-state index contributed by atoms with van der Waals surface area (Å²) >= 11 is 1.52. The number of carbonyl (C=O) groups is 1. The molecule has 6 nitrogen and oxygen atoms in total. The molecule has 2 heterocycles. The van der Waals surface area contributed by atoms with E-state index in [2.05, 4.69) is 47.1 Å². The Bertz CT molecular complexity index is 1060. The van der Waals surface area contributed by atoms with E-state index < -0.39 is 0 Å². The van der Waals surface area contributed by atoms with E-state index in [-0.39, 0.29) is 17.1 Å². The summed E-state index contributed by atoms with van der Waals surface area (Å²) in [4.78, 5) is 31.7. The fourth-order valence-corrected chi connectivity index (χ4v) is 4.01. The van der Waals surface area contributed by atoms with Gasteiger partial charge in [0.1, 0.15) is 17.4 Å². The molecule has 168 valence electrons. The zero-order chi connectivity index (χ0) is 22.9. The van der Waals surface area contributed by atoms with E-state index in [1.165, 1.54) is 17.3 Å². The number of carbonyl (C=O) groups excluding carboxylic acids is 1. The van der Waals surface area contributed by atoms with Crippen LogP contribution in [0.15, 0.2) is 51.0 Å². The van der Waals surface area contributed by atoms with Crippen molar-refractivity contribution in [3.8, 4) is 0 Å². The molecule has 0 radical (unpaired) electrons. The van der Waals surface area contributed by atoms with Crippen molar-refractivity contribution >= 4 is 29.3 Å². The zero-order valence-electron chi connectivity index (χ0n) is 19.5. The number of hydrogen-bond donors (Lipinski definition) is 1. The number of amidine groups is 1. The molecule has 0 amide bonds. The number of nitrogens with zero attached hydrogens (tertiary/aromatic N) is 4. The molecule has 1 saturated carbocycles. The number of benzene rings is 1. The van der Waals surface area contributed by atoms with Gasteiger partial charge >= 0.3 is 0 Å². The molecule has 0 unspecified atom stereocenters. The van der Waals surface area contributed by atoms with Crippen LogP contribution >= 0.6 is 11.8 Å². The third kappa shape index (κ3) is 5.82. The SMILES string of the molecule is CC(C)C(=O)Cc1ccc(Sc2nc(NC3=NCC(C(C)(C)C)=C3)nc(C3CC3)n2)cc1. The van der Waals surface area contributed by atoms with Crippen molar-refractivity contribution in [1.29, 1.82) is 0 Å². The van der Waals surface area contributed by atoms with E-state index in [1.54, 1.807) is 0 Å². The summed E-state index contributed by atoms with van der Waals surface area (Å²) in [7, 11) is 0. The normalized spacial score (nSPS) is 16.2. The van der Waals surface area contributed by atoms with Gasteiger partial charge in [0.25, 0.3) is 0 Å². The first kappa shape index (κ1) is 22.6. The molecule has 1 aliphatic heterocycles. The quantitative estimate of drug-likeness (QED) is 0.604. The number of ketones is 1. The number of Topliss-reactive ketones (excluding diaryl/α,β-unsaturated/α-hetero) is 1. The van der Waals surface area contributed by atoms with Crippen LogP contribution in [0.5, 0.6) is 0 Å². The Morgan fingerprint density at radius 3 is 2.44 bits per heavy atom. The standard InChI is InChI=1S/C25H31N5OS/c1-15(2)20(31)12-16-6-10-19(11-7-16)32-24-29-22(17-8-9-17)28-23(30-24)27-21-13-18(14-26-21)25(3,4)5/h6-7,10-11,13,15,17H,8-9,12,14H2,1-5H3,(H,26,27,28,29,30). The van der Waals surface area contributed by atoms with Crippen molar-refractivity contribution < 1.29 is 4.79 Å². The minimum absolute atomic E-state index is 0.0554. The van der Waals surface area contributed by atoms with Crippen molar-refractivity contribution in [2.75, 3.05) is 11.9 Å². The van der Waals surface area contributed by atoms with Gasteiger partial charge < -0.3 is 5.32 Å². The highest BCUT2D eigenvalue weighted by Crippen LogP contribution is 2.39. The molecule has 0 bridgehead atoms. The van der Waals surface area contributed by atoms with Gasteiger partial charge in [-0.1, -0.05) is 46.8 Å². The van der Waals surface area contributed by atoms with Crippen LogP contribution in [0.4, 0.5) is 5.95 Å². The van der Waals surface area contributed by atoms with Crippen LogP contribution in [0.1, 0.15) is 64.8 Å². The molecular weight excluding hydrogens is 418 g/mol. The third-order valence-corrected chi connectivity index (χ3v) is 6.54. The fraction of sp³-hybridized carbons (Fsp3) is 0.480. The third-order valence-electron chi connectivity index (χ3n) is 5.66. The molecule has 0 spiro atoms. The fourth-order valence-electron chi connectivity index (χ4n) is 3.25. The van der Waals surface area contributed by atoms with Crippen LogP contribution in [0, 0.1) is 11.3 Å². The average molecular weight is 450 g/mol. The van der Waals surface area contributed by atoms with Gasteiger partial charge in [0.05, 0.1) is 6.54 Å². The van der Waals surface area contributed by atoms with E-state index in [4.69, 9.17) is 4.98 Å². The smallest absolute Gasteiger partial charge is 0.232 e. The van der Waals surface area contributed by atoms with Crippen LogP contribution in [-0.4, -0.2) is 33.1 Å². The molecule has 1 fully saturated rings. The van der Waals surface area contributed by atoms with E-state index in [0.717, 1.165) is 35.0 Å². The first-order chi connectivity index (χ1) is 15.2. The molecule has 0 saturated heterocycles. The summed E-state index contributed by atoms with van der Waals surface area (Å²) in [5.41, 5.74) is 2.42. The molecule has 7 heteroatoms. The van der Waals surface area contributed by atoms with E-state index in [1.807, 2.05) is 38.1 Å². The first-order valence-corrected chi connectivity index (χ1v) is 12.1. The van der Waals surface area contributed by atoms with Crippen molar-refractivity contribution in [1.82, 2.24) is 15.0 Å². The molecule has 32 heavy (non-hydrogen) atoms. The number of nitrogens with one attached hydrogen (secondary N) is 1. The Kier molecular flexibility index (Phi) is 6.47. The lowest BCUT2D eigenvalue weighted by Gasteiger charge is -2.18. The maximum atomic E-state index is 12.0. The lowest BCUT2D eigenvalue weighted by atomic mass is 9.87. The van der Waals surface area contributed by atoms with Gasteiger partial charge in [-0.05, 0) is 59.4 Å². The maximum absolute atomic E-state index is 12.0. The second kappa shape index (κ2) is 9.14. The van der Waals surface area contributed by atoms with E-state index in [9.17, 15) is 4.79 Å². The van der Waals surface area contributed by atoms with E-state index in [0.29, 0.717) is 30.0 Å². The van der Waals surface area contributed by atoms with Crippen LogP contribution in [0.25, 0.3) is 0 Å². The molecular formula is C25H31N5OS. The van der Waals surface area contributed by atoms with Gasteiger partial charge in [-0.2, -0.15) is 9.97 Å². The summed E-state index contributed by atoms with van der Waals surface area (Å²) in [5.74, 6) is 2.94. The monoisotopic (exact) mass is 449 g/mol. The summed E-state index contributed by atoms with van der Waals surface area (Å²) in [6.45, 7) is 11.2. The van der Waals surface area contributed by atoms with Crippen LogP contribution in [0.2, 0.25) is 0 Å². The largest absolute Gasteiger partial charge is 0.309 e. The zero-order valence-corrected chi connectivity index (χ0v) is 20.3. The van der Waals surface area contributed by atoms with Crippen molar-refractivity contribution in [2.24, 2.45) is 16.3 Å². The maximum Gasteiger partial charge on any atom is 0.232 e. The number of anilines is 1. The van der Waals surface area contributed by atoms with Crippen molar-refractivity contribution in [3.63, 3.8) is 0 Å². The number of aromatic nitrogens is 3. The van der Waals surface area contributed by atoms with Crippen LogP contribution in [0.3, 0.4) is 0 Å². The predicted octanol–water partition coefficient (Wildman–Crippen LogP) is 5.46. The summed E-state index contributed by atoms with van der Waals surface area (Å²) in [6.07, 6.45) is 4.83. The topological polar surface area (TPSA) is 80.1 Å². The summed E-state index contributed by atoms with van der Waals surface area (Å²) in [5, 5.41) is 3.97. The molecule has 1 aromatic heterocycles. The van der Waals surface area contributed by atoms with Gasteiger partial charge in [0, 0.05) is 23.2 Å². The first-order valence-electron chi connectivity index (χ1n) is 11.3. The Morgan fingerprint density at radius 2 is 1.84 bits per heavy atom. The second-order valence-electron chi connectivity index (χ2n) is 9.86. The van der Waals surface area contributed by atoms with Crippen molar-refractivity contribution in [2.45, 2.75) is 69.9 Å². The lowest BCUT2D eigenvalue weighted by molar-refractivity contribution is -0.121. The van der Waals surface area contributed by atoms with Gasteiger partial charge in [-0.25, -0.2) is 4.98 Å². The van der Waals surface area contributed by atoms with Crippen LogP contribution in [-0.2, 0) is 11.2 Å². The summed E-state index contributed by atoms with van der Waals surface area (Å²) in [6, 6.07) is 8.08. The number of rotatable bonds is 7. The molecule has 1 aliphatic carbocycles. The van der Waals surface area contributed by atoms with Gasteiger partial charge in [-0.3, -0.25) is 9.79 Å². The summed E-state index contributed by atoms with van der Waals surface area (Å²) < 4.78 is 0. The minimum Gasteiger partial charge on any atom is -0.309 e. The van der Waals surface area contributed by atoms with Gasteiger partial charge in [0.15, 0.2) is 5.16 Å². The van der Waals surface area contributed by atoms with E-state index >= 15 is 0 Å². The van der Waals surface area contributed by atoms with Crippen LogP contribution < -0.4 is 5.32 Å². The molecule has 0 atom stereocenters. The average Bonchev–Trinajstić information content (AvgIpc) is 3.47. The molecule has 4 rings (SSSR count). The molecule has 2 aromatic rings. The minimum atomic E-state index is 0.0554. The van der Waals surface area contributed by atoms with Gasteiger partial charge in [0.2, 0.25) is 5.95 Å². The second-order valence-corrected chi connectivity index (χ2v) is 10.9. The Balaban J connectivity index is 1.49. The molecule has 2 aliphatic rings. The Labute approximate surface area is 194 Å². The van der Waals surface area contributed by atoms with Gasteiger partial charge in [-0.15, -0.1) is 0 Å². The Morgan fingerprint density at radius 1 is 1.12 bits per heavy atom. The molecule has 1 aromatic carbocycles. The predicted molar refractivity (Wildman–Crippen MR) is 129 cm³/mol. The number of hydrogen-bond acceptors (Lipinski definition) is 7. The highest BCUT2D eigenvalue weighted by Gasteiger charge is 2.28. The lowest BCUT2D eigenvalue weighted by Crippen LogP contribution is -2.13. The highest BCUT2D eigenvalue weighted by atomic mass is 32.2.